The predicted octanol–water partition coefficient (Wildman–Crippen LogP) is 5.28. The van der Waals surface area contributed by atoms with Crippen LogP contribution < -0.4 is 14.8 Å². The molecule has 4 rings (SSSR count). The van der Waals surface area contributed by atoms with E-state index >= 15 is 0 Å². The van der Waals surface area contributed by atoms with Crippen LogP contribution in [0.1, 0.15) is 58.3 Å². The van der Waals surface area contributed by atoms with Crippen LogP contribution in [0, 0.1) is 0 Å². The molecule has 3 aromatic carbocycles. The van der Waals surface area contributed by atoms with Crippen LogP contribution in [-0.2, 0) is 43.2 Å². The minimum absolute atomic E-state index is 0.00837. The highest BCUT2D eigenvalue weighted by molar-refractivity contribution is 7.85. The molecule has 4 aromatic rings. The van der Waals surface area contributed by atoms with E-state index < -0.39 is 28.0 Å². The highest BCUT2D eigenvalue weighted by Crippen LogP contribution is 2.24. The van der Waals surface area contributed by atoms with Crippen molar-refractivity contribution in [3.8, 4) is 11.5 Å². The average Bonchev–Trinajstić information content (AvgIpc) is 3.03. The van der Waals surface area contributed by atoms with E-state index in [1.54, 1.807) is 56.7 Å². The Morgan fingerprint density at radius 2 is 1.52 bits per heavy atom. The van der Waals surface area contributed by atoms with Gasteiger partial charge < -0.3 is 24.3 Å². The number of amides is 1. The maximum Gasteiger partial charge on any atom is 0.339 e. The minimum Gasteiger partial charge on any atom is -0.497 e. The van der Waals surface area contributed by atoms with Crippen LogP contribution in [0.3, 0.4) is 0 Å². The smallest absolute Gasteiger partial charge is 0.339 e. The van der Waals surface area contributed by atoms with Gasteiger partial charge in [-0.15, -0.1) is 0 Å². The summed E-state index contributed by atoms with van der Waals surface area (Å²) in [4.78, 5) is 31.7. The van der Waals surface area contributed by atoms with Crippen molar-refractivity contribution < 1.29 is 41.1 Å². The first-order valence-corrected chi connectivity index (χ1v) is 17.2. The predicted molar refractivity (Wildman–Crippen MR) is 182 cm³/mol. The summed E-state index contributed by atoms with van der Waals surface area (Å²) in [5, 5.41) is 3.45. The molecule has 0 aliphatic rings. The van der Waals surface area contributed by atoms with Crippen LogP contribution in [-0.4, -0.2) is 70.6 Å². The molecular weight excluding hydrogens is 636 g/mol. The van der Waals surface area contributed by atoms with Crippen molar-refractivity contribution in [2.45, 2.75) is 51.9 Å². The summed E-state index contributed by atoms with van der Waals surface area (Å²) >= 11 is 0. The first-order chi connectivity index (χ1) is 22.7. The minimum atomic E-state index is -3.61. The molecule has 1 atom stereocenters. The van der Waals surface area contributed by atoms with Gasteiger partial charge in [-0.1, -0.05) is 30.3 Å². The van der Waals surface area contributed by atoms with Gasteiger partial charge >= 0.3 is 5.97 Å². The van der Waals surface area contributed by atoms with Gasteiger partial charge in [0.25, 0.3) is 16.0 Å². The van der Waals surface area contributed by atoms with Gasteiger partial charge in [-0.05, 0) is 92.8 Å². The molecule has 48 heavy (non-hydrogen) atoms. The van der Waals surface area contributed by atoms with Gasteiger partial charge in [0, 0.05) is 12.5 Å². The lowest BCUT2D eigenvalue weighted by molar-refractivity contribution is 0.0475. The molecule has 0 spiro atoms. The molecule has 0 radical (unpaired) electrons. The lowest BCUT2D eigenvalue weighted by Crippen LogP contribution is -2.40. The van der Waals surface area contributed by atoms with E-state index in [0.29, 0.717) is 28.6 Å². The molecule has 12 heteroatoms. The Bertz CT molecular complexity index is 1820. The number of rotatable bonds is 15. The van der Waals surface area contributed by atoms with Gasteiger partial charge in [-0.25, -0.2) is 9.78 Å². The van der Waals surface area contributed by atoms with E-state index in [9.17, 15) is 18.0 Å². The molecule has 0 aliphatic carbocycles. The zero-order chi connectivity index (χ0) is 34.9. The summed E-state index contributed by atoms with van der Waals surface area (Å²) in [7, 11) is -0.483. The van der Waals surface area contributed by atoms with E-state index in [1.165, 1.54) is 6.07 Å². The van der Waals surface area contributed by atoms with Gasteiger partial charge in [0.2, 0.25) is 0 Å². The Hall–Kier alpha value is -4.52. The fourth-order valence-corrected chi connectivity index (χ4v) is 5.30. The molecule has 0 unspecified atom stereocenters. The number of hydrogen-bond donors (Lipinski definition) is 1. The zero-order valence-corrected chi connectivity index (χ0v) is 28.9. The van der Waals surface area contributed by atoms with Crippen LogP contribution in [0.4, 0.5) is 0 Å². The van der Waals surface area contributed by atoms with Crippen molar-refractivity contribution in [2.24, 2.45) is 0 Å². The number of ether oxygens (including phenoxy) is 4. The van der Waals surface area contributed by atoms with Crippen molar-refractivity contribution in [3.05, 3.63) is 101 Å². The number of nitrogens with zero attached hydrogens (tertiary/aromatic N) is 1. The second kappa shape index (κ2) is 16.1. The topological polar surface area (TPSA) is 139 Å². The summed E-state index contributed by atoms with van der Waals surface area (Å²) < 4.78 is 49.9. The Morgan fingerprint density at radius 1 is 0.875 bits per heavy atom. The van der Waals surface area contributed by atoms with E-state index in [1.807, 2.05) is 45.0 Å². The summed E-state index contributed by atoms with van der Waals surface area (Å²) in [6.07, 6.45) is 1.74. The number of nitrogens with one attached hydrogen (secondary N) is 1. The molecule has 0 saturated carbocycles. The van der Waals surface area contributed by atoms with Crippen molar-refractivity contribution >= 4 is 32.9 Å². The number of methoxy groups -OCH3 is 2. The summed E-state index contributed by atoms with van der Waals surface area (Å²) in [6, 6.07) is 20.9. The molecule has 1 heterocycles. The summed E-state index contributed by atoms with van der Waals surface area (Å²) in [5.74, 6) is 0.285. The van der Waals surface area contributed by atoms with Gasteiger partial charge in [-0.2, -0.15) is 8.42 Å². The van der Waals surface area contributed by atoms with E-state index in [-0.39, 0.29) is 43.1 Å². The first kappa shape index (κ1) is 36.3. The standard InChI is InChI=1S/C36H42N2O9S/c1-36(2,3)47-29-14-7-24(8-15-29)19-27(23-43-4)37-34(39)33-21-31(35(40)45-22-26-9-12-28(44-5)13-10-26)30-20-25(11-16-32(30)38-33)17-18-46-48(6,41)42/h7-16,20-21,27H,17-19,22-23H2,1-6H3,(H,37,39)/t27-/m0/s1. The fraction of sp³-hybridized carbons (Fsp3) is 0.361. The van der Waals surface area contributed by atoms with Gasteiger partial charge in [0.15, 0.2) is 0 Å². The largest absolute Gasteiger partial charge is 0.497 e. The third-order valence-electron chi connectivity index (χ3n) is 7.08. The highest BCUT2D eigenvalue weighted by atomic mass is 32.2. The third-order valence-corrected chi connectivity index (χ3v) is 7.67. The van der Waals surface area contributed by atoms with Crippen LogP contribution >= 0.6 is 0 Å². The Balaban J connectivity index is 1.58. The van der Waals surface area contributed by atoms with Gasteiger partial charge in [0.1, 0.15) is 29.4 Å². The van der Waals surface area contributed by atoms with Gasteiger partial charge in [-0.3, -0.25) is 8.98 Å². The van der Waals surface area contributed by atoms with Gasteiger partial charge in [0.05, 0.1) is 43.7 Å². The molecule has 0 aliphatic heterocycles. The van der Waals surface area contributed by atoms with E-state index in [4.69, 9.17) is 23.1 Å². The lowest BCUT2D eigenvalue weighted by Gasteiger charge is -2.22. The van der Waals surface area contributed by atoms with Crippen molar-refractivity contribution in [3.63, 3.8) is 0 Å². The highest BCUT2D eigenvalue weighted by Gasteiger charge is 2.21. The van der Waals surface area contributed by atoms with Crippen molar-refractivity contribution in [2.75, 3.05) is 33.7 Å². The number of aromatic nitrogens is 1. The van der Waals surface area contributed by atoms with Crippen LogP contribution in [0.15, 0.2) is 72.8 Å². The number of hydrogen-bond acceptors (Lipinski definition) is 10. The molecule has 0 saturated heterocycles. The Kier molecular flexibility index (Phi) is 12.1. The number of carbonyl (C=O) groups excluding carboxylic acids is 2. The molecule has 1 aromatic heterocycles. The summed E-state index contributed by atoms with van der Waals surface area (Å²) in [5.41, 5.74) is 2.68. The monoisotopic (exact) mass is 678 g/mol. The van der Waals surface area contributed by atoms with Crippen molar-refractivity contribution in [1.82, 2.24) is 10.3 Å². The number of pyridine rings is 1. The zero-order valence-electron chi connectivity index (χ0n) is 28.1. The number of fused-ring (bicyclic) bond motifs is 1. The van der Waals surface area contributed by atoms with Crippen LogP contribution in [0.25, 0.3) is 10.9 Å². The molecule has 0 bridgehead atoms. The molecule has 1 amide bonds. The van der Waals surface area contributed by atoms with E-state index in [2.05, 4.69) is 10.3 Å². The molecule has 1 N–H and O–H groups in total. The number of benzene rings is 3. The first-order valence-electron chi connectivity index (χ1n) is 15.4. The lowest BCUT2D eigenvalue weighted by atomic mass is 10.0. The number of carbonyl (C=O) groups is 2. The maximum atomic E-state index is 13.6. The van der Waals surface area contributed by atoms with E-state index in [0.717, 1.165) is 23.1 Å². The van der Waals surface area contributed by atoms with Crippen LogP contribution in [0.2, 0.25) is 0 Å². The van der Waals surface area contributed by atoms with Crippen LogP contribution in [0.5, 0.6) is 11.5 Å². The quantitative estimate of drug-likeness (QED) is 0.130. The second-order valence-electron chi connectivity index (χ2n) is 12.3. The summed E-state index contributed by atoms with van der Waals surface area (Å²) in [6.45, 7) is 6.11. The molecular formula is C36H42N2O9S. The maximum absolute atomic E-state index is 13.6. The normalized spacial score (nSPS) is 12.4. The second-order valence-corrected chi connectivity index (χ2v) is 13.9. The molecule has 11 nitrogen and oxygen atoms in total. The Morgan fingerprint density at radius 3 is 2.15 bits per heavy atom. The third kappa shape index (κ3) is 11.0. The Labute approximate surface area is 281 Å². The molecule has 256 valence electrons. The molecule has 0 fully saturated rings. The SMILES string of the molecule is COC[C@H](Cc1ccc(OC(C)(C)C)cc1)NC(=O)c1cc(C(=O)OCc2ccc(OC)cc2)c2cc(CCOS(C)(=O)=O)ccc2n1. The average molecular weight is 679 g/mol. The fourth-order valence-electron chi connectivity index (χ4n) is 4.92. The number of esters is 1. The van der Waals surface area contributed by atoms with Crippen molar-refractivity contribution in [1.29, 1.82) is 0 Å².